The van der Waals surface area contributed by atoms with Crippen LogP contribution >= 0.6 is 11.8 Å². The van der Waals surface area contributed by atoms with Gasteiger partial charge in [0.25, 0.3) is 0 Å². The Labute approximate surface area is 120 Å². The van der Waals surface area contributed by atoms with Crippen molar-refractivity contribution in [3.05, 3.63) is 45.8 Å². The molecule has 0 aliphatic carbocycles. The van der Waals surface area contributed by atoms with E-state index in [0.717, 1.165) is 16.5 Å². The normalized spacial score (nSPS) is 11.8. The highest BCUT2D eigenvalue weighted by Crippen LogP contribution is 2.30. The third-order valence-corrected chi connectivity index (χ3v) is 4.44. The topological polar surface area (TPSA) is 67.5 Å². The molecule has 0 aliphatic rings. The van der Waals surface area contributed by atoms with E-state index in [-0.39, 0.29) is 0 Å². The van der Waals surface area contributed by atoms with E-state index >= 15 is 0 Å². The number of aliphatic carboxylic acids is 1. The van der Waals surface area contributed by atoms with Gasteiger partial charge in [-0.3, -0.25) is 4.79 Å². The van der Waals surface area contributed by atoms with Crippen molar-refractivity contribution in [2.24, 2.45) is 0 Å². The Hall–Kier alpha value is -1.75. The first-order chi connectivity index (χ1) is 9.29. The molecule has 20 heavy (non-hydrogen) atoms. The van der Waals surface area contributed by atoms with Crippen LogP contribution < -0.4 is 5.63 Å². The van der Waals surface area contributed by atoms with Crippen LogP contribution in [0.5, 0.6) is 0 Å². The molecule has 0 unspecified atom stereocenters. The van der Waals surface area contributed by atoms with Gasteiger partial charge in [0.15, 0.2) is 0 Å². The Morgan fingerprint density at radius 1 is 1.35 bits per heavy atom. The van der Waals surface area contributed by atoms with Crippen molar-refractivity contribution in [3.8, 4) is 0 Å². The minimum atomic E-state index is -0.896. The van der Waals surface area contributed by atoms with Crippen molar-refractivity contribution in [3.63, 3.8) is 0 Å². The van der Waals surface area contributed by atoms with Crippen LogP contribution in [0.15, 0.2) is 33.5 Å². The van der Waals surface area contributed by atoms with Crippen molar-refractivity contribution in [1.29, 1.82) is 0 Å². The number of carbonyl (C=O) groups is 1. The van der Waals surface area contributed by atoms with E-state index in [4.69, 9.17) is 9.52 Å². The molecule has 0 fully saturated rings. The number of rotatable bonds is 4. The maximum Gasteiger partial charge on any atom is 0.336 e. The molecule has 0 bridgehead atoms. The summed E-state index contributed by atoms with van der Waals surface area (Å²) in [4.78, 5) is 22.7. The second kappa shape index (κ2) is 5.32. The summed E-state index contributed by atoms with van der Waals surface area (Å²) < 4.78 is 4.29. The Bertz CT molecular complexity index is 715. The van der Waals surface area contributed by atoms with E-state index in [0.29, 0.717) is 11.3 Å². The van der Waals surface area contributed by atoms with Gasteiger partial charge >= 0.3 is 11.6 Å². The zero-order valence-corrected chi connectivity index (χ0v) is 12.4. The number of thioether (sulfide) groups is 1. The van der Waals surface area contributed by atoms with E-state index in [1.807, 2.05) is 25.1 Å². The van der Waals surface area contributed by atoms with Crippen LogP contribution in [-0.2, 0) is 10.5 Å². The monoisotopic (exact) mass is 292 g/mol. The van der Waals surface area contributed by atoms with Crippen molar-refractivity contribution in [2.45, 2.75) is 31.3 Å². The molecule has 0 aliphatic heterocycles. The number of hydrogen-bond acceptors (Lipinski definition) is 4. The molecule has 1 aromatic heterocycles. The molecule has 5 heteroatoms. The number of carboxylic acid groups (broad SMARTS) is 1. The smallest absolute Gasteiger partial charge is 0.336 e. The number of benzene rings is 1. The molecule has 0 radical (unpaired) electrons. The predicted octanol–water partition coefficient (Wildman–Crippen LogP) is 3.20. The fourth-order valence-electron chi connectivity index (χ4n) is 1.78. The SMILES string of the molecule is Cc1ccc2c(CSC(C)(C)C(=O)O)cc(=O)oc2c1. The van der Waals surface area contributed by atoms with Gasteiger partial charge in [-0.1, -0.05) is 12.1 Å². The number of aryl methyl sites for hydroxylation is 1. The molecular formula is C15H16O4S. The van der Waals surface area contributed by atoms with E-state index < -0.39 is 16.3 Å². The van der Waals surface area contributed by atoms with Gasteiger partial charge < -0.3 is 9.52 Å². The van der Waals surface area contributed by atoms with E-state index in [1.54, 1.807) is 13.8 Å². The summed E-state index contributed by atoms with van der Waals surface area (Å²) in [6.07, 6.45) is 0. The van der Waals surface area contributed by atoms with Crippen molar-refractivity contribution in [2.75, 3.05) is 0 Å². The van der Waals surface area contributed by atoms with Crippen LogP contribution in [-0.4, -0.2) is 15.8 Å². The van der Waals surface area contributed by atoms with Gasteiger partial charge in [0.05, 0.1) is 0 Å². The maximum atomic E-state index is 11.6. The Morgan fingerprint density at radius 2 is 2.05 bits per heavy atom. The first kappa shape index (κ1) is 14.7. The average Bonchev–Trinajstić information content (AvgIpc) is 2.35. The van der Waals surface area contributed by atoms with E-state index in [9.17, 15) is 9.59 Å². The fraction of sp³-hybridized carbons (Fsp3) is 0.333. The van der Waals surface area contributed by atoms with Gasteiger partial charge in [0.2, 0.25) is 0 Å². The van der Waals surface area contributed by atoms with Crippen LogP contribution in [0, 0.1) is 6.92 Å². The predicted molar refractivity (Wildman–Crippen MR) is 80.2 cm³/mol. The summed E-state index contributed by atoms with van der Waals surface area (Å²) in [5, 5.41) is 9.97. The minimum Gasteiger partial charge on any atom is -0.480 e. The zero-order valence-electron chi connectivity index (χ0n) is 11.6. The molecule has 0 saturated carbocycles. The fourth-order valence-corrected chi connectivity index (χ4v) is 2.66. The van der Waals surface area contributed by atoms with E-state index in [2.05, 4.69) is 0 Å². The number of hydrogen-bond donors (Lipinski definition) is 1. The van der Waals surface area contributed by atoms with Gasteiger partial charge in [-0.05, 0) is 38.0 Å². The summed E-state index contributed by atoms with van der Waals surface area (Å²) in [7, 11) is 0. The molecule has 106 valence electrons. The van der Waals surface area contributed by atoms with E-state index in [1.165, 1.54) is 17.8 Å². The van der Waals surface area contributed by atoms with Gasteiger partial charge in [-0.15, -0.1) is 11.8 Å². The minimum absolute atomic E-state index is 0.410. The molecule has 1 heterocycles. The summed E-state index contributed by atoms with van der Waals surface area (Å²) in [5.74, 6) is -0.421. The molecule has 0 saturated heterocycles. The molecule has 1 N–H and O–H groups in total. The standard InChI is InChI=1S/C15H16O4S/c1-9-4-5-11-10(7-13(16)19-12(11)6-9)8-20-15(2,3)14(17)18/h4-7H,8H2,1-3H3,(H,17,18). The lowest BCUT2D eigenvalue weighted by Crippen LogP contribution is -2.27. The summed E-state index contributed by atoms with van der Waals surface area (Å²) in [6, 6.07) is 7.09. The number of carboxylic acids is 1. The van der Waals surface area contributed by atoms with Crippen LogP contribution in [0.4, 0.5) is 0 Å². The van der Waals surface area contributed by atoms with Gasteiger partial charge in [-0.25, -0.2) is 4.79 Å². The van der Waals surface area contributed by atoms with Crippen LogP contribution in [0.3, 0.4) is 0 Å². The highest BCUT2D eigenvalue weighted by atomic mass is 32.2. The van der Waals surface area contributed by atoms with Crippen molar-refractivity contribution < 1.29 is 14.3 Å². The third-order valence-electron chi connectivity index (χ3n) is 3.09. The second-order valence-corrected chi connectivity index (χ2v) is 6.79. The molecule has 0 atom stereocenters. The quantitative estimate of drug-likeness (QED) is 0.876. The Morgan fingerprint density at radius 3 is 2.70 bits per heavy atom. The first-order valence-corrected chi connectivity index (χ1v) is 7.19. The second-order valence-electron chi connectivity index (χ2n) is 5.19. The van der Waals surface area contributed by atoms with Crippen molar-refractivity contribution in [1.82, 2.24) is 0 Å². The molecule has 0 amide bonds. The molecule has 1 aromatic carbocycles. The first-order valence-electron chi connectivity index (χ1n) is 6.20. The summed E-state index contributed by atoms with van der Waals surface area (Å²) in [6.45, 7) is 5.23. The average molecular weight is 292 g/mol. The van der Waals surface area contributed by atoms with Crippen LogP contribution in [0.1, 0.15) is 25.0 Å². The Balaban J connectivity index is 2.40. The maximum absolute atomic E-state index is 11.6. The van der Waals surface area contributed by atoms with Crippen LogP contribution in [0.25, 0.3) is 11.0 Å². The van der Waals surface area contributed by atoms with Gasteiger partial charge in [0, 0.05) is 17.2 Å². The highest BCUT2D eigenvalue weighted by Gasteiger charge is 2.27. The zero-order chi connectivity index (χ0) is 14.9. The van der Waals surface area contributed by atoms with Crippen LogP contribution in [0.2, 0.25) is 0 Å². The Kier molecular flexibility index (Phi) is 3.90. The lowest BCUT2D eigenvalue weighted by atomic mass is 10.1. The lowest BCUT2D eigenvalue weighted by Gasteiger charge is -2.18. The third kappa shape index (κ3) is 3.04. The summed E-state index contributed by atoms with van der Waals surface area (Å²) in [5.41, 5.74) is 1.94. The molecule has 0 spiro atoms. The van der Waals surface area contributed by atoms with Crippen molar-refractivity contribution >= 4 is 28.7 Å². The van der Waals surface area contributed by atoms with Gasteiger partial charge in [0.1, 0.15) is 10.3 Å². The summed E-state index contributed by atoms with van der Waals surface area (Å²) >= 11 is 1.29. The largest absolute Gasteiger partial charge is 0.480 e. The molecule has 4 nitrogen and oxygen atoms in total. The van der Waals surface area contributed by atoms with Gasteiger partial charge in [-0.2, -0.15) is 0 Å². The lowest BCUT2D eigenvalue weighted by molar-refractivity contribution is -0.138. The molecule has 2 rings (SSSR count). The molecular weight excluding hydrogens is 276 g/mol. The number of fused-ring (bicyclic) bond motifs is 1. The highest BCUT2D eigenvalue weighted by molar-refractivity contribution is 8.00. The molecule has 2 aromatic rings.